The second kappa shape index (κ2) is 1.72. The maximum absolute atomic E-state index is 10.7. The first-order chi connectivity index (χ1) is 2.56. The summed E-state index contributed by atoms with van der Waals surface area (Å²) < 4.78 is 31.4. The molecule has 0 bridgehead atoms. The number of hydrogen-bond donors (Lipinski definition) is 0. The van der Waals surface area contributed by atoms with Gasteiger partial charge in [-0.1, -0.05) is 3.89 Å². The summed E-state index contributed by atoms with van der Waals surface area (Å²) in [5, 5.41) is 0. The minimum atomic E-state index is -4.90. The van der Waals surface area contributed by atoms with Crippen molar-refractivity contribution in [2.45, 2.75) is 0 Å². The summed E-state index contributed by atoms with van der Waals surface area (Å²) in [6.07, 6.45) is 0. The Balaban J connectivity index is 3.85. The molecule has 0 aromatic carbocycles. The van der Waals surface area contributed by atoms with E-state index in [1.165, 1.54) is 0 Å². The molecule has 0 rings (SSSR count). The van der Waals surface area contributed by atoms with E-state index >= 15 is 0 Å². The van der Waals surface area contributed by atoms with E-state index in [0.29, 0.717) is 0 Å². The molecular formula is ClFO3S. The van der Waals surface area contributed by atoms with Crippen LogP contribution in [0.3, 0.4) is 0 Å². The first-order valence-electron chi connectivity index (χ1n) is 0.809. The van der Waals surface area contributed by atoms with Crippen LogP contribution in [-0.2, 0) is 14.2 Å². The zero-order chi connectivity index (χ0) is 5.21. The van der Waals surface area contributed by atoms with Crippen LogP contribution < -0.4 is 0 Å². The van der Waals surface area contributed by atoms with Crippen LogP contribution in [0.15, 0.2) is 0 Å². The second-order valence-corrected chi connectivity index (χ2v) is 1.75. The van der Waals surface area contributed by atoms with Crippen LogP contribution in [0.1, 0.15) is 0 Å². The van der Waals surface area contributed by atoms with Gasteiger partial charge in [-0.3, -0.25) is 0 Å². The van der Waals surface area contributed by atoms with Gasteiger partial charge in [0.25, 0.3) is 0 Å². The van der Waals surface area contributed by atoms with Crippen LogP contribution >= 0.6 is 11.9 Å². The second-order valence-electron chi connectivity index (χ2n) is 0.456. The Bertz CT molecular complexity index is 113. The van der Waals surface area contributed by atoms with Gasteiger partial charge in [-0.15, -0.1) is 3.74 Å². The molecule has 3 nitrogen and oxygen atoms in total. The van der Waals surface area contributed by atoms with Crippen LogP contribution in [0.2, 0.25) is 0 Å². The Kier molecular flexibility index (Phi) is 1.76. The van der Waals surface area contributed by atoms with Gasteiger partial charge < -0.3 is 0 Å². The average Bonchev–Trinajstić information content (AvgIpc) is 1.35. The molecule has 0 radical (unpaired) electrons. The first-order valence-corrected chi connectivity index (χ1v) is 2.43. The van der Waals surface area contributed by atoms with Gasteiger partial charge in [0.15, 0.2) is 0 Å². The molecule has 0 aromatic rings. The van der Waals surface area contributed by atoms with E-state index < -0.39 is 10.5 Å². The summed E-state index contributed by atoms with van der Waals surface area (Å²) >= 11 is 4.01. The monoisotopic (exact) mass is 134 g/mol. The van der Waals surface area contributed by atoms with Gasteiger partial charge in [0.05, 0.1) is 11.9 Å². The molecule has 0 unspecified atom stereocenters. The van der Waals surface area contributed by atoms with Crippen molar-refractivity contribution in [3.05, 3.63) is 0 Å². The summed E-state index contributed by atoms with van der Waals surface area (Å²) in [4.78, 5) is 0. The van der Waals surface area contributed by atoms with Crippen molar-refractivity contribution in [3.8, 4) is 0 Å². The third-order valence-electron chi connectivity index (χ3n) is 0.0752. The summed E-state index contributed by atoms with van der Waals surface area (Å²) in [6, 6.07) is 0. The van der Waals surface area contributed by atoms with Crippen molar-refractivity contribution in [1.29, 1.82) is 0 Å². The topological polar surface area (TPSA) is 43.4 Å². The highest BCUT2D eigenvalue weighted by molar-refractivity contribution is 7.82. The van der Waals surface area contributed by atoms with Crippen molar-refractivity contribution in [2.75, 3.05) is 0 Å². The van der Waals surface area contributed by atoms with E-state index in [1.54, 1.807) is 0 Å². The minimum Gasteiger partial charge on any atom is -0.163 e. The van der Waals surface area contributed by atoms with Crippen molar-refractivity contribution in [3.63, 3.8) is 0 Å². The molecule has 0 aliphatic rings. The fraction of sp³-hybridized carbons (Fsp3) is 0. The third-order valence-corrected chi connectivity index (χ3v) is 0.677. The Labute approximate surface area is 39.3 Å². The van der Waals surface area contributed by atoms with Gasteiger partial charge in [-0.2, -0.15) is 8.42 Å². The van der Waals surface area contributed by atoms with Crippen molar-refractivity contribution in [1.82, 2.24) is 0 Å². The van der Waals surface area contributed by atoms with Gasteiger partial charge in [-0.25, -0.2) is 0 Å². The van der Waals surface area contributed by atoms with Gasteiger partial charge in [0.2, 0.25) is 0 Å². The predicted molar refractivity (Wildman–Crippen MR) is 17.0 cm³/mol. The Morgan fingerprint density at radius 2 is 1.83 bits per heavy atom. The highest BCUT2D eigenvalue weighted by Crippen LogP contribution is 1.94. The molecule has 0 spiro atoms. The van der Waals surface area contributed by atoms with E-state index in [4.69, 9.17) is 8.42 Å². The predicted octanol–water partition coefficient (Wildman–Crippen LogP) is 0.371. The van der Waals surface area contributed by atoms with Gasteiger partial charge in [-0.05, 0) is 0 Å². The minimum absolute atomic E-state index is 2.72. The molecule has 0 aromatic heterocycles. The molecular weight excluding hydrogens is 135 g/mol. The molecule has 0 aliphatic carbocycles. The molecule has 0 aliphatic heterocycles. The van der Waals surface area contributed by atoms with Crippen LogP contribution in [0.5, 0.6) is 0 Å². The average molecular weight is 135 g/mol. The molecule has 0 saturated carbocycles. The molecule has 38 valence electrons. The summed E-state index contributed by atoms with van der Waals surface area (Å²) in [6.45, 7) is 0. The fourth-order valence-electron chi connectivity index (χ4n) is 0. The SMILES string of the molecule is O=S(=O)(F)OCl. The summed E-state index contributed by atoms with van der Waals surface area (Å²) in [5.74, 6) is 0. The lowest BCUT2D eigenvalue weighted by atomic mass is 15.8. The molecule has 0 atom stereocenters. The molecule has 6 heavy (non-hydrogen) atoms. The molecule has 0 saturated heterocycles. The van der Waals surface area contributed by atoms with Gasteiger partial charge in [0, 0.05) is 0 Å². The molecule has 0 N–H and O–H groups in total. The first kappa shape index (κ1) is 6.13. The largest absolute Gasteiger partial charge is 0.453 e. The summed E-state index contributed by atoms with van der Waals surface area (Å²) in [7, 11) is -4.90. The number of hydrogen-bond acceptors (Lipinski definition) is 3. The molecule has 6 heteroatoms. The van der Waals surface area contributed by atoms with Crippen LogP contribution in [-0.4, -0.2) is 8.42 Å². The number of halogens is 2. The van der Waals surface area contributed by atoms with Crippen LogP contribution in [0.25, 0.3) is 0 Å². The maximum atomic E-state index is 10.7. The van der Waals surface area contributed by atoms with Crippen molar-refractivity contribution in [2.24, 2.45) is 0 Å². The lowest BCUT2D eigenvalue weighted by molar-refractivity contribution is 0.459. The zero-order valence-electron chi connectivity index (χ0n) is 2.39. The van der Waals surface area contributed by atoms with E-state index in [0.717, 1.165) is 0 Å². The quantitative estimate of drug-likeness (QED) is 0.487. The molecule has 0 fully saturated rings. The fourth-order valence-corrected chi connectivity index (χ4v) is 0. The van der Waals surface area contributed by atoms with E-state index in [2.05, 4.69) is 15.6 Å². The van der Waals surface area contributed by atoms with E-state index in [1.807, 2.05) is 0 Å². The van der Waals surface area contributed by atoms with E-state index in [-0.39, 0.29) is 0 Å². The lowest BCUT2D eigenvalue weighted by Gasteiger charge is -1.73. The maximum Gasteiger partial charge on any atom is 0.453 e. The van der Waals surface area contributed by atoms with Crippen LogP contribution in [0.4, 0.5) is 3.89 Å². The van der Waals surface area contributed by atoms with E-state index in [9.17, 15) is 3.89 Å². The Morgan fingerprint density at radius 3 is 1.83 bits per heavy atom. The van der Waals surface area contributed by atoms with Gasteiger partial charge >= 0.3 is 10.5 Å². The zero-order valence-corrected chi connectivity index (χ0v) is 3.96. The smallest absolute Gasteiger partial charge is 0.163 e. The standard InChI is InChI=1S/ClFO3S/c1-5-6(2,3)4. The Hall–Kier alpha value is 0.130. The lowest BCUT2D eigenvalue weighted by Crippen LogP contribution is -1.84. The van der Waals surface area contributed by atoms with Crippen molar-refractivity contribution < 1.29 is 16.0 Å². The number of rotatable bonds is 1. The highest BCUT2D eigenvalue weighted by atomic mass is 35.5. The van der Waals surface area contributed by atoms with Gasteiger partial charge in [0.1, 0.15) is 0 Å². The van der Waals surface area contributed by atoms with Crippen molar-refractivity contribution >= 4 is 22.4 Å². The third kappa shape index (κ3) is 4.13. The normalized spacial score (nSPS) is 11.7. The Morgan fingerprint density at radius 1 is 1.67 bits per heavy atom. The molecule has 0 amide bonds. The molecule has 0 heterocycles. The highest BCUT2D eigenvalue weighted by Gasteiger charge is 2.01. The van der Waals surface area contributed by atoms with Crippen LogP contribution in [0, 0.1) is 0 Å². The summed E-state index contributed by atoms with van der Waals surface area (Å²) in [5.41, 5.74) is 0.